The first kappa shape index (κ1) is 24.3. The van der Waals surface area contributed by atoms with E-state index in [0.29, 0.717) is 10.9 Å². The summed E-state index contributed by atoms with van der Waals surface area (Å²) >= 11 is 0. The Morgan fingerprint density at radius 1 is 1.00 bits per heavy atom. The Labute approximate surface area is 209 Å². The van der Waals surface area contributed by atoms with Gasteiger partial charge in [0.25, 0.3) is 5.91 Å². The van der Waals surface area contributed by atoms with Crippen LogP contribution < -0.4 is 15.8 Å². The zero-order valence-corrected chi connectivity index (χ0v) is 19.6. The number of oxazole rings is 1. The smallest absolute Gasteiger partial charge is 0.433 e. The number of halogens is 3. The Kier molecular flexibility index (Phi) is 6.26. The van der Waals surface area contributed by atoms with Crippen molar-refractivity contribution in [1.82, 2.24) is 15.3 Å². The molecule has 37 heavy (non-hydrogen) atoms. The molecule has 3 aromatic carbocycles. The standard InChI is InChI=1S/C27H21F3N4O3/c1-36-20-11-9-19(18-10-12-22(27(28,29)30)33-23(18)20)26-34-24(21(13-31)37-26)25(35)32-14-16-7-4-6-15-5-2-3-8-17(15)16/h2-12H,13-14,31H2,1H3,(H,32,35). The second-order valence-corrected chi connectivity index (χ2v) is 8.22. The Hall–Kier alpha value is -4.44. The van der Waals surface area contributed by atoms with Gasteiger partial charge in [-0.3, -0.25) is 4.79 Å². The molecule has 10 heteroatoms. The van der Waals surface area contributed by atoms with Crippen LogP contribution >= 0.6 is 0 Å². The number of alkyl halides is 3. The number of nitrogens with zero attached hydrogens (tertiary/aromatic N) is 2. The number of hydrogen-bond acceptors (Lipinski definition) is 6. The average Bonchev–Trinajstić information content (AvgIpc) is 3.34. The van der Waals surface area contributed by atoms with Gasteiger partial charge in [0.15, 0.2) is 11.5 Å². The molecular formula is C27H21F3N4O3. The van der Waals surface area contributed by atoms with Crippen LogP contribution in [0.15, 0.2) is 71.1 Å². The summed E-state index contributed by atoms with van der Waals surface area (Å²) in [5.41, 5.74) is 6.03. The summed E-state index contributed by atoms with van der Waals surface area (Å²) in [6.45, 7) is 0.149. The monoisotopic (exact) mass is 506 g/mol. The van der Waals surface area contributed by atoms with Gasteiger partial charge in [-0.1, -0.05) is 42.5 Å². The lowest BCUT2D eigenvalue weighted by molar-refractivity contribution is -0.140. The van der Waals surface area contributed by atoms with Gasteiger partial charge in [0, 0.05) is 17.5 Å². The molecule has 0 atom stereocenters. The minimum Gasteiger partial charge on any atom is -0.494 e. The van der Waals surface area contributed by atoms with Gasteiger partial charge in [-0.15, -0.1) is 0 Å². The van der Waals surface area contributed by atoms with Gasteiger partial charge in [0.1, 0.15) is 17.0 Å². The second kappa shape index (κ2) is 9.55. The Morgan fingerprint density at radius 3 is 2.54 bits per heavy atom. The molecule has 0 unspecified atom stereocenters. The van der Waals surface area contributed by atoms with Crippen LogP contribution in [0, 0.1) is 0 Å². The molecule has 7 nitrogen and oxygen atoms in total. The van der Waals surface area contributed by atoms with Gasteiger partial charge in [0.2, 0.25) is 5.89 Å². The van der Waals surface area contributed by atoms with E-state index >= 15 is 0 Å². The summed E-state index contributed by atoms with van der Waals surface area (Å²) < 4.78 is 50.8. The SMILES string of the molecule is COc1ccc(-c2nc(C(=O)NCc3cccc4ccccc34)c(CN)o2)c2ccc(C(F)(F)F)nc12. The number of hydrogen-bond donors (Lipinski definition) is 2. The number of carbonyl (C=O) groups excluding carboxylic acids is 1. The minimum atomic E-state index is -4.62. The highest BCUT2D eigenvalue weighted by atomic mass is 19.4. The van der Waals surface area contributed by atoms with Crippen molar-refractivity contribution in [3.8, 4) is 17.2 Å². The normalized spacial score (nSPS) is 11.7. The van der Waals surface area contributed by atoms with Gasteiger partial charge in [-0.2, -0.15) is 13.2 Å². The zero-order chi connectivity index (χ0) is 26.2. The second-order valence-electron chi connectivity index (χ2n) is 8.22. The van der Waals surface area contributed by atoms with E-state index in [-0.39, 0.29) is 41.7 Å². The average molecular weight is 506 g/mol. The quantitative estimate of drug-likeness (QED) is 0.317. The third-order valence-corrected chi connectivity index (χ3v) is 5.98. The summed E-state index contributed by atoms with van der Waals surface area (Å²) in [5, 5.41) is 5.24. The number of ether oxygens (including phenoxy) is 1. The van der Waals surface area contributed by atoms with E-state index in [4.69, 9.17) is 14.9 Å². The lowest BCUT2D eigenvalue weighted by atomic mass is 10.0. The lowest BCUT2D eigenvalue weighted by Gasteiger charge is -2.11. The van der Waals surface area contributed by atoms with E-state index in [2.05, 4.69) is 15.3 Å². The number of methoxy groups -OCH3 is 1. The molecule has 3 N–H and O–H groups in total. The van der Waals surface area contributed by atoms with Gasteiger partial charge < -0.3 is 20.2 Å². The van der Waals surface area contributed by atoms with Gasteiger partial charge in [-0.05, 0) is 40.6 Å². The highest BCUT2D eigenvalue weighted by molar-refractivity contribution is 5.98. The molecule has 1 amide bonds. The predicted molar refractivity (Wildman–Crippen MR) is 132 cm³/mol. The van der Waals surface area contributed by atoms with Crippen LogP contribution in [0.5, 0.6) is 5.75 Å². The van der Waals surface area contributed by atoms with Gasteiger partial charge in [-0.25, -0.2) is 9.97 Å². The van der Waals surface area contributed by atoms with Crippen LogP contribution in [0.2, 0.25) is 0 Å². The van der Waals surface area contributed by atoms with Crippen molar-refractivity contribution >= 4 is 27.6 Å². The van der Waals surface area contributed by atoms with E-state index in [1.165, 1.54) is 19.2 Å². The summed E-state index contributed by atoms with van der Waals surface area (Å²) in [6, 6.07) is 18.9. The van der Waals surface area contributed by atoms with Crippen molar-refractivity contribution < 1.29 is 27.1 Å². The number of rotatable bonds is 6. The highest BCUT2D eigenvalue weighted by Gasteiger charge is 2.33. The first-order chi connectivity index (χ1) is 17.8. The molecule has 0 saturated carbocycles. The van der Waals surface area contributed by atoms with Crippen LogP contribution in [-0.4, -0.2) is 23.0 Å². The van der Waals surface area contributed by atoms with Crippen molar-refractivity contribution in [1.29, 1.82) is 0 Å². The number of fused-ring (bicyclic) bond motifs is 2. The van der Waals surface area contributed by atoms with Crippen LogP contribution in [-0.2, 0) is 19.3 Å². The molecule has 0 aliphatic rings. The Morgan fingerprint density at radius 2 is 1.78 bits per heavy atom. The lowest BCUT2D eigenvalue weighted by Crippen LogP contribution is -2.24. The number of benzene rings is 3. The number of nitrogens with one attached hydrogen (secondary N) is 1. The summed E-state index contributed by atoms with van der Waals surface area (Å²) in [7, 11) is 1.34. The maximum absolute atomic E-state index is 13.3. The van der Waals surface area contributed by atoms with Crippen molar-refractivity contribution in [2.24, 2.45) is 5.73 Å². The van der Waals surface area contributed by atoms with Crippen molar-refractivity contribution in [3.05, 3.63) is 89.4 Å². The molecule has 0 fully saturated rings. The fourth-order valence-corrected chi connectivity index (χ4v) is 4.19. The maximum atomic E-state index is 13.3. The molecule has 5 rings (SSSR count). The van der Waals surface area contributed by atoms with Crippen molar-refractivity contribution in [3.63, 3.8) is 0 Å². The van der Waals surface area contributed by atoms with E-state index in [0.717, 1.165) is 22.4 Å². The molecule has 2 aromatic heterocycles. The molecule has 5 aromatic rings. The molecule has 2 heterocycles. The molecule has 188 valence electrons. The molecule has 0 radical (unpaired) electrons. The van der Waals surface area contributed by atoms with E-state index in [1.807, 2.05) is 42.5 Å². The summed E-state index contributed by atoms with van der Waals surface area (Å²) in [5.74, 6) is -0.151. The largest absolute Gasteiger partial charge is 0.494 e. The van der Waals surface area contributed by atoms with Crippen LogP contribution in [0.25, 0.3) is 33.1 Å². The molecule has 0 spiro atoms. The van der Waals surface area contributed by atoms with E-state index < -0.39 is 17.8 Å². The topological polar surface area (TPSA) is 103 Å². The number of carbonyl (C=O) groups is 1. The molecule has 0 aliphatic carbocycles. The third-order valence-electron chi connectivity index (χ3n) is 5.98. The summed E-state index contributed by atoms with van der Waals surface area (Å²) in [4.78, 5) is 21.2. The predicted octanol–water partition coefficient (Wildman–Crippen LogP) is 5.46. The minimum absolute atomic E-state index is 0.00146. The van der Waals surface area contributed by atoms with Crippen LogP contribution in [0.1, 0.15) is 27.5 Å². The zero-order valence-electron chi connectivity index (χ0n) is 19.6. The number of nitrogens with two attached hydrogens (primary N) is 1. The van der Waals surface area contributed by atoms with Gasteiger partial charge >= 0.3 is 6.18 Å². The first-order valence-corrected chi connectivity index (χ1v) is 11.3. The summed E-state index contributed by atoms with van der Waals surface area (Å²) in [6.07, 6.45) is -4.62. The van der Waals surface area contributed by atoms with Crippen molar-refractivity contribution in [2.75, 3.05) is 7.11 Å². The molecular weight excluding hydrogens is 485 g/mol. The third kappa shape index (κ3) is 4.58. The van der Waals surface area contributed by atoms with Gasteiger partial charge in [0.05, 0.1) is 13.7 Å². The van der Waals surface area contributed by atoms with Crippen molar-refractivity contribution in [2.45, 2.75) is 19.3 Å². The highest BCUT2D eigenvalue weighted by Crippen LogP contribution is 2.37. The molecule has 0 aliphatic heterocycles. The van der Waals surface area contributed by atoms with Crippen LogP contribution in [0.3, 0.4) is 0 Å². The number of aromatic nitrogens is 2. The maximum Gasteiger partial charge on any atom is 0.433 e. The van der Waals surface area contributed by atoms with E-state index in [9.17, 15) is 18.0 Å². The Balaban J connectivity index is 1.49. The number of pyridine rings is 1. The van der Waals surface area contributed by atoms with Crippen LogP contribution in [0.4, 0.5) is 13.2 Å². The fraction of sp³-hybridized carbons (Fsp3) is 0.148. The molecule has 0 saturated heterocycles. The number of amides is 1. The Bertz CT molecular complexity index is 1620. The first-order valence-electron chi connectivity index (χ1n) is 11.3. The van der Waals surface area contributed by atoms with E-state index in [1.54, 1.807) is 6.07 Å². The fourth-order valence-electron chi connectivity index (χ4n) is 4.19. The molecule has 0 bridgehead atoms.